The molecule has 2 atom stereocenters. The number of aryl methyl sites for hydroxylation is 1. The number of nitrogens with two attached hydrogens (primary N) is 1. The molecule has 0 radical (unpaired) electrons. The number of benzene rings is 1. The highest BCUT2D eigenvalue weighted by atomic mass is 32.1. The summed E-state index contributed by atoms with van der Waals surface area (Å²) in [6.07, 6.45) is 3.62. The van der Waals surface area contributed by atoms with Gasteiger partial charge in [0, 0.05) is 6.54 Å². The second kappa shape index (κ2) is 8.76. The number of thiazole rings is 1. The highest BCUT2D eigenvalue weighted by molar-refractivity contribution is 7.18. The number of nitrogen functional groups attached to an aromatic ring is 1. The molecule has 7 nitrogen and oxygen atoms in total. The van der Waals surface area contributed by atoms with E-state index < -0.39 is 0 Å². The number of likely N-dealkylation sites (tertiary alicyclic amines) is 1. The van der Waals surface area contributed by atoms with Crippen molar-refractivity contribution in [3.05, 3.63) is 58.9 Å². The molecular weight excluding hydrogens is 434 g/mol. The van der Waals surface area contributed by atoms with Crippen LogP contribution in [0.1, 0.15) is 47.9 Å². The molecule has 8 heteroatoms. The summed E-state index contributed by atoms with van der Waals surface area (Å²) in [6, 6.07) is 8.31. The Bertz CT molecular complexity index is 1220. The van der Waals surface area contributed by atoms with Crippen molar-refractivity contribution in [2.45, 2.75) is 38.6 Å². The van der Waals surface area contributed by atoms with E-state index in [1.165, 1.54) is 4.70 Å². The van der Waals surface area contributed by atoms with Crippen molar-refractivity contribution in [2.24, 2.45) is 5.92 Å². The van der Waals surface area contributed by atoms with E-state index in [9.17, 15) is 4.79 Å². The summed E-state index contributed by atoms with van der Waals surface area (Å²) < 4.78 is 6.51. The van der Waals surface area contributed by atoms with Crippen LogP contribution in [0.4, 0.5) is 11.5 Å². The van der Waals surface area contributed by atoms with E-state index in [2.05, 4.69) is 42.0 Å². The third kappa shape index (κ3) is 4.32. The van der Waals surface area contributed by atoms with Crippen molar-refractivity contribution in [1.82, 2.24) is 14.9 Å². The number of ether oxygens (including phenoxy) is 1. The Morgan fingerprint density at radius 1 is 1.30 bits per heavy atom. The molecule has 0 spiro atoms. The Morgan fingerprint density at radius 2 is 2.12 bits per heavy atom. The molecule has 0 aliphatic carbocycles. The zero-order valence-corrected chi connectivity index (χ0v) is 19.8. The van der Waals surface area contributed by atoms with E-state index >= 15 is 0 Å². The largest absolute Gasteiger partial charge is 0.383 e. The standard InChI is InChI=1S/C25H29N5O2S/c1-14-4-6-21(17-5-7-22-20(9-17)29-24(33-22)18-12-32-13-18)30(11-14)25(31)16(3)28-19-8-15(2)23(26)27-10-19/h5,7-10,14,18,21,28H,3-4,6,11-13H2,1-2H3,(H2,26,27)/t14?,21-/m1/s1. The van der Waals surface area contributed by atoms with Crippen LogP contribution in [-0.4, -0.2) is 40.5 Å². The van der Waals surface area contributed by atoms with Crippen LogP contribution in [0.3, 0.4) is 0 Å². The summed E-state index contributed by atoms with van der Waals surface area (Å²) in [5.41, 5.74) is 9.85. The number of anilines is 2. The zero-order valence-electron chi connectivity index (χ0n) is 19.0. The molecular formula is C25H29N5O2S. The van der Waals surface area contributed by atoms with Crippen LogP contribution in [0.2, 0.25) is 0 Å². The van der Waals surface area contributed by atoms with E-state index in [4.69, 9.17) is 15.5 Å². The maximum absolute atomic E-state index is 13.5. The number of nitrogens with zero attached hydrogens (tertiary/aromatic N) is 3. The molecule has 1 amide bonds. The fraction of sp³-hybridized carbons (Fsp3) is 0.400. The van der Waals surface area contributed by atoms with Gasteiger partial charge in [0.25, 0.3) is 5.91 Å². The Kier molecular flexibility index (Phi) is 5.80. The molecule has 1 unspecified atom stereocenters. The predicted octanol–water partition coefficient (Wildman–Crippen LogP) is 4.62. The van der Waals surface area contributed by atoms with Crippen LogP contribution in [0.25, 0.3) is 10.2 Å². The number of rotatable bonds is 5. The van der Waals surface area contributed by atoms with E-state index in [1.807, 2.05) is 17.9 Å². The van der Waals surface area contributed by atoms with Crippen LogP contribution < -0.4 is 11.1 Å². The lowest BCUT2D eigenvalue weighted by Crippen LogP contribution is -2.43. The molecule has 3 aromatic rings. The maximum atomic E-state index is 13.5. The van der Waals surface area contributed by atoms with Crippen molar-refractivity contribution in [1.29, 1.82) is 0 Å². The summed E-state index contributed by atoms with van der Waals surface area (Å²) in [4.78, 5) is 24.5. The number of aromatic nitrogens is 2. The Morgan fingerprint density at radius 3 is 2.85 bits per heavy atom. The molecule has 2 saturated heterocycles. The molecule has 4 heterocycles. The van der Waals surface area contributed by atoms with Crippen molar-refractivity contribution in [2.75, 3.05) is 30.8 Å². The number of amides is 1. The average molecular weight is 464 g/mol. The number of carbonyl (C=O) groups is 1. The van der Waals surface area contributed by atoms with Crippen molar-refractivity contribution < 1.29 is 9.53 Å². The summed E-state index contributed by atoms with van der Waals surface area (Å²) in [6.45, 7) is 10.3. The minimum Gasteiger partial charge on any atom is -0.383 e. The van der Waals surface area contributed by atoms with Gasteiger partial charge in [-0.1, -0.05) is 19.6 Å². The quantitative estimate of drug-likeness (QED) is 0.536. The predicted molar refractivity (Wildman–Crippen MR) is 132 cm³/mol. The SMILES string of the molecule is C=C(Nc1cnc(N)c(C)c1)C(=O)N1CC(C)CC[C@@H]1c1ccc2sc(C3COC3)nc2c1. The monoisotopic (exact) mass is 463 g/mol. The molecule has 0 bridgehead atoms. The van der Waals surface area contributed by atoms with Crippen molar-refractivity contribution in [3.8, 4) is 0 Å². The maximum Gasteiger partial charge on any atom is 0.270 e. The van der Waals surface area contributed by atoms with E-state index in [0.717, 1.165) is 47.7 Å². The molecule has 3 N–H and O–H groups in total. The number of hydrogen-bond donors (Lipinski definition) is 2. The van der Waals surface area contributed by atoms with Crippen LogP contribution in [0.15, 0.2) is 42.7 Å². The Labute approximate surface area is 197 Å². The van der Waals surface area contributed by atoms with Crippen LogP contribution in [0, 0.1) is 12.8 Å². The number of pyridine rings is 1. The van der Waals surface area contributed by atoms with Gasteiger partial charge >= 0.3 is 0 Å². The van der Waals surface area contributed by atoms with Gasteiger partial charge in [-0.15, -0.1) is 11.3 Å². The van der Waals surface area contributed by atoms with Gasteiger partial charge in [0.05, 0.1) is 53.0 Å². The summed E-state index contributed by atoms with van der Waals surface area (Å²) in [7, 11) is 0. The molecule has 5 rings (SSSR count). The number of fused-ring (bicyclic) bond motifs is 1. The second-order valence-corrected chi connectivity index (χ2v) is 10.3. The van der Waals surface area contributed by atoms with E-state index in [0.29, 0.717) is 35.6 Å². The molecule has 1 aromatic carbocycles. The third-order valence-electron chi connectivity index (χ3n) is 6.55. The fourth-order valence-electron chi connectivity index (χ4n) is 4.50. The average Bonchev–Trinajstić information content (AvgIpc) is 3.16. The van der Waals surface area contributed by atoms with Crippen LogP contribution in [0.5, 0.6) is 0 Å². The van der Waals surface area contributed by atoms with Gasteiger partial charge in [-0.05, 0) is 55.0 Å². The first-order valence-electron chi connectivity index (χ1n) is 11.4. The highest BCUT2D eigenvalue weighted by Crippen LogP contribution is 2.37. The first-order chi connectivity index (χ1) is 15.9. The Balaban J connectivity index is 1.38. The summed E-state index contributed by atoms with van der Waals surface area (Å²) in [5.74, 6) is 1.24. The highest BCUT2D eigenvalue weighted by Gasteiger charge is 2.33. The molecule has 0 saturated carbocycles. The van der Waals surface area contributed by atoms with E-state index in [-0.39, 0.29) is 11.9 Å². The number of nitrogens with one attached hydrogen (secondary N) is 1. The van der Waals surface area contributed by atoms with Gasteiger partial charge in [0.2, 0.25) is 0 Å². The molecule has 172 valence electrons. The van der Waals surface area contributed by atoms with E-state index in [1.54, 1.807) is 17.5 Å². The molecule has 2 aromatic heterocycles. The number of carbonyl (C=O) groups excluding carboxylic acids is 1. The molecule has 2 aliphatic rings. The van der Waals surface area contributed by atoms with Crippen molar-refractivity contribution >= 4 is 39.0 Å². The summed E-state index contributed by atoms with van der Waals surface area (Å²) in [5, 5.41) is 4.27. The van der Waals surface area contributed by atoms with Gasteiger partial charge in [0.15, 0.2) is 0 Å². The Hall–Kier alpha value is -2.97. The third-order valence-corrected chi connectivity index (χ3v) is 7.75. The van der Waals surface area contributed by atoms with Gasteiger partial charge in [0.1, 0.15) is 10.8 Å². The lowest BCUT2D eigenvalue weighted by Gasteiger charge is -2.39. The first kappa shape index (κ1) is 21.9. The first-order valence-corrected chi connectivity index (χ1v) is 12.2. The molecule has 33 heavy (non-hydrogen) atoms. The summed E-state index contributed by atoms with van der Waals surface area (Å²) >= 11 is 1.74. The van der Waals surface area contributed by atoms with Gasteiger partial charge in [-0.25, -0.2) is 9.97 Å². The number of piperidine rings is 1. The van der Waals surface area contributed by atoms with Gasteiger partial charge in [-0.2, -0.15) is 0 Å². The minimum atomic E-state index is -0.0910. The lowest BCUT2D eigenvalue weighted by molar-refractivity contribution is -0.131. The topological polar surface area (TPSA) is 93.4 Å². The van der Waals surface area contributed by atoms with Gasteiger partial charge in [-0.3, -0.25) is 4.79 Å². The lowest BCUT2D eigenvalue weighted by atomic mass is 9.89. The molecule has 2 fully saturated rings. The van der Waals surface area contributed by atoms with Crippen LogP contribution in [-0.2, 0) is 9.53 Å². The fourth-order valence-corrected chi connectivity index (χ4v) is 5.52. The normalized spacial score (nSPS) is 21.1. The minimum absolute atomic E-state index is 0.000107. The van der Waals surface area contributed by atoms with Crippen molar-refractivity contribution in [3.63, 3.8) is 0 Å². The number of hydrogen-bond acceptors (Lipinski definition) is 7. The second-order valence-electron chi connectivity index (χ2n) is 9.20. The van der Waals surface area contributed by atoms with Gasteiger partial charge < -0.3 is 20.7 Å². The van der Waals surface area contributed by atoms with Crippen LogP contribution >= 0.6 is 11.3 Å². The smallest absolute Gasteiger partial charge is 0.270 e. The molecule has 2 aliphatic heterocycles. The zero-order chi connectivity index (χ0) is 23.1.